The highest BCUT2D eigenvalue weighted by atomic mass is 19.3. The molecule has 0 aliphatic heterocycles. The van der Waals surface area contributed by atoms with E-state index in [4.69, 9.17) is 15.2 Å². The molecular formula is C13H15F2N3O2. The summed E-state index contributed by atoms with van der Waals surface area (Å²) in [6.07, 6.45) is -1.12. The molecular weight excluding hydrogens is 268 g/mol. The molecule has 0 fully saturated rings. The number of aromatic nitrogens is 2. The van der Waals surface area contributed by atoms with Crippen LogP contribution in [0.25, 0.3) is 11.1 Å². The Kier molecular flexibility index (Phi) is 3.78. The van der Waals surface area contributed by atoms with Crippen LogP contribution in [0.4, 0.5) is 14.6 Å². The van der Waals surface area contributed by atoms with Gasteiger partial charge in [-0.2, -0.15) is 5.10 Å². The van der Waals surface area contributed by atoms with E-state index in [0.717, 1.165) is 0 Å². The summed E-state index contributed by atoms with van der Waals surface area (Å²) in [5.41, 5.74) is 6.67. The summed E-state index contributed by atoms with van der Waals surface area (Å²) in [5.74, 6) is 0.928. The van der Waals surface area contributed by atoms with Gasteiger partial charge in [-0.15, -0.1) is 0 Å². The quantitative estimate of drug-likeness (QED) is 0.937. The Balaban J connectivity index is 2.72. The average Bonchev–Trinajstić information content (AvgIpc) is 2.77. The van der Waals surface area contributed by atoms with Gasteiger partial charge in [-0.05, 0) is 12.1 Å². The minimum absolute atomic E-state index is 0.166. The number of methoxy groups -OCH3 is 2. The Hall–Kier alpha value is -2.31. The number of rotatable bonds is 4. The summed E-state index contributed by atoms with van der Waals surface area (Å²) in [7, 11) is 4.50. The lowest BCUT2D eigenvalue weighted by Gasteiger charge is -2.14. The van der Waals surface area contributed by atoms with E-state index >= 15 is 0 Å². The maximum atomic E-state index is 13.0. The van der Waals surface area contributed by atoms with Crippen molar-refractivity contribution in [1.82, 2.24) is 9.78 Å². The molecule has 2 rings (SSSR count). The fourth-order valence-electron chi connectivity index (χ4n) is 1.97. The summed E-state index contributed by atoms with van der Waals surface area (Å²) in [6.45, 7) is 0. The summed E-state index contributed by atoms with van der Waals surface area (Å²) in [6, 6.07) is 2.58. The van der Waals surface area contributed by atoms with Gasteiger partial charge >= 0.3 is 0 Å². The van der Waals surface area contributed by atoms with E-state index < -0.39 is 6.43 Å². The number of nitrogens with two attached hydrogens (primary N) is 1. The Labute approximate surface area is 114 Å². The zero-order chi connectivity index (χ0) is 14.9. The van der Waals surface area contributed by atoms with Crippen LogP contribution in [0.5, 0.6) is 11.5 Å². The molecule has 0 aliphatic carbocycles. The van der Waals surface area contributed by atoms with Gasteiger partial charge in [0, 0.05) is 23.7 Å². The molecule has 0 unspecified atom stereocenters. The van der Waals surface area contributed by atoms with Gasteiger partial charge in [-0.1, -0.05) is 0 Å². The molecule has 0 radical (unpaired) electrons. The van der Waals surface area contributed by atoms with Crippen LogP contribution in [0.2, 0.25) is 0 Å². The number of alkyl halides is 2. The van der Waals surface area contributed by atoms with Crippen molar-refractivity contribution in [2.75, 3.05) is 20.0 Å². The molecule has 0 saturated carbocycles. The van der Waals surface area contributed by atoms with Crippen LogP contribution in [-0.4, -0.2) is 24.0 Å². The van der Waals surface area contributed by atoms with Crippen molar-refractivity contribution >= 4 is 5.82 Å². The van der Waals surface area contributed by atoms with Crippen LogP contribution >= 0.6 is 0 Å². The van der Waals surface area contributed by atoms with Gasteiger partial charge in [0.25, 0.3) is 6.43 Å². The molecule has 1 heterocycles. The third-order valence-corrected chi connectivity index (χ3v) is 3.03. The van der Waals surface area contributed by atoms with Crippen molar-refractivity contribution in [2.24, 2.45) is 7.05 Å². The van der Waals surface area contributed by atoms with E-state index in [-0.39, 0.29) is 11.3 Å². The van der Waals surface area contributed by atoms with Gasteiger partial charge in [0.2, 0.25) is 0 Å². The first kappa shape index (κ1) is 14.1. The molecule has 2 aromatic rings. The highest BCUT2D eigenvalue weighted by Gasteiger charge is 2.20. The Morgan fingerprint density at radius 1 is 1.20 bits per heavy atom. The Morgan fingerprint density at radius 3 is 2.35 bits per heavy atom. The molecule has 0 aliphatic rings. The van der Waals surface area contributed by atoms with Crippen molar-refractivity contribution < 1.29 is 18.3 Å². The molecule has 0 atom stereocenters. The first-order valence-electron chi connectivity index (χ1n) is 5.81. The predicted molar refractivity (Wildman–Crippen MR) is 71.1 cm³/mol. The molecule has 0 saturated heterocycles. The first-order chi connectivity index (χ1) is 9.49. The molecule has 2 N–H and O–H groups in total. The van der Waals surface area contributed by atoms with Crippen molar-refractivity contribution in [1.29, 1.82) is 0 Å². The monoisotopic (exact) mass is 283 g/mol. The minimum atomic E-state index is -2.62. The number of hydrogen-bond donors (Lipinski definition) is 1. The van der Waals surface area contributed by atoms with E-state index in [2.05, 4.69) is 5.10 Å². The maximum Gasteiger partial charge on any atom is 0.264 e. The van der Waals surface area contributed by atoms with E-state index in [9.17, 15) is 8.78 Å². The molecule has 7 heteroatoms. The molecule has 0 bridgehead atoms. The largest absolute Gasteiger partial charge is 0.493 e. The third-order valence-electron chi connectivity index (χ3n) is 3.03. The fraction of sp³-hybridized carbons (Fsp3) is 0.308. The number of aryl methyl sites for hydroxylation is 1. The fourth-order valence-corrected chi connectivity index (χ4v) is 1.97. The number of nitrogens with zero attached hydrogens (tertiary/aromatic N) is 2. The van der Waals surface area contributed by atoms with E-state index in [1.807, 2.05) is 0 Å². The molecule has 1 aromatic carbocycles. The maximum absolute atomic E-state index is 13.0. The summed E-state index contributed by atoms with van der Waals surface area (Å²) >= 11 is 0. The zero-order valence-electron chi connectivity index (χ0n) is 11.4. The van der Waals surface area contributed by atoms with Gasteiger partial charge in [0.1, 0.15) is 5.82 Å². The number of hydrogen-bond acceptors (Lipinski definition) is 4. The molecule has 108 valence electrons. The molecule has 0 spiro atoms. The van der Waals surface area contributed by atoms with Gasteiger partial charge in [-0.3, -0.25) is 4.68 Å². The predicted octanol–water partition coefficient (Wildman–Crippen LogP) is 2.62. The van der Waals surface area contributed by atoms with Crippen molar-refractivity contribution in [2.45, 2.75) is 6.43 Å². The van der Waals surface area contributed by atoms with Crippen molar-refractivity contribution in [3.63, 3.8) is 0 Å². The highest BCUT2D eigenvalue weighted by Crippen LogP contribution is 2.42. The smallest absolute Gasteiger partial charge is 0.264 e. The van der Waals surface area contributed by atoms with Crippen LogP contribution in [0.3, 0.4) is 0 Å². The summed E-state index contributed by atoms with van der Waals surface area (Å²) in [5, 5.41) is 4.01. The number of anilines is 1. The second-order valence-electron chi connectivity index (χ2n) is 4.17. The molecule has 0 amide bonds. The normalized spacial score (nSPS) is 10.9. The molecule has 20 heavy (non-hydrogen) atoms. The van der Waals surface area contributed by atoms with E-state index in [1.165, 1.54) is 37.2 Å². The van der Waals surface area contributed by atoms with Crippen molar-refractivity contribution in [3.8, 4) is 22.6 Å². The van der Waals surface area contributed by atoms with Crippen molar-refractivity contribution in [3.05, 3.63) is 23.9 Å². The van der Waals surface area contributed by atoms with E-state index in [0.29, 0.717) is 22.7 Å². The zero-order valence-corrected chi connectivity index (χ0v) is 11.4. The van der Waals surface area contributed by atoms with Crippen LogP contribution < -0.4 is 15.2 Å². The standard InChI is InChI=1S/C13H15F2N3O2/c1-18-13(16)9(6-17-18)8-4-7(12(14)15)5-10(19-2)11(8)20-3/h4-6,12H,16H2,1-3H3. The summed E-state index contributed by atoms with van der Waals surface area (Å²) in [4.78, 5) is 0. The second-order valence-corrected chi connectivity index (χ2v) is 4.17. The average molecular weight is 283 g/mol. The lowest BCUT2D eigenvalue weighted by atomic mass is 10.0. The lowest BCUT2D eigenvalue weighted by Crippen LogP contribution is -2.00. The topological polar surface area (TPSA) is 62.3 Å². The van der Waals surface area contributed by atoms with Crippen LogP contribution in [0, 0.1) is 0 Å². The Bertz CT molecular complexity index is 626. The highest BCUT2D eigenvalue weighted by molar-refractivity contribution is 5.81. The van der Waals surface area contributed by atoms with Crippen LogP contribution in [-0.2, 0) is 7.05 Å². The molecule has 1 aromatic heterocycles. The Morgan fingerprint density at radius 2 is 1.90 bits per heavy atom. The minimum Gasteiger partial charge on any atom is -0.493 e. The number of halogens is 2. The van der Waals surface area contributed by atoms with E-state index in [1.54, 1.807) is 7.05 Å². The number of ether oxygens (including phenoxy) is 2. The van der Waals surface area contributed by atoms with Gasteiger partial charge in [-0.25, -0.2) is 8.78 Å². The third kappa shape index (κ3) is 2.26. The number of benzene rings is 1. The van der Waals surface area contributed by atoms with Crippen LogP contribution in [0.1, 0.15) is 12.0 Å². The first-order valence-corrected chi connectivity index (χ1v) is 5.81. The number of nitrogen functional groups attached to an aromatic ring is 1. The molecule has 5 nitrogen and oxygen atoms in total. The van der Waals surface area contributed by atoms with Gasteiger partial charge < -0.3 is 15.2 Å². The van der Waals surface area contributed by atoms with Gasteiger partial charge in [0.05, 0.1) is 20.4 Å². The van der Waals surface area contributed by atoms with Crippen LogP contribution in [0.15, 0.2) is 18.3 Å². The second kappa shape index (κ2) is 5.36. The SMILES string of the molecule is COc1cc(C(F)F)cc(-c2cnn(C)c2N)c1OC. The summed E-state index contributed by atoms with van der Waals surface area (Å²) < 4.78 is 37.8. The van der Waals surface area contributed by atoms with Gasteiger partial charge in [0.15, 0.2) is 11.5 Å². The lowest BCUT2D eigenvalue weighted by molar-refractivity contribution is 0.151.